The maximum Gasteiger partial charge on any atom is 0.297 e. The highest BCUT2D eigenvalue weighted by Gasteiger charge is 2.28. The van der Waals surface area contributed by atoms with Crippen LogP contribution in [0.4, 0.5) is 10.1 Å². The average Bonchev–Trinajstić information content (AvgIpc) is 2.69. The number of anilines is 1. The van der Waals surface area contributed by atoms with E-state index in [2.05, 4.69) is 16.9 Å². The summed E-state index contributed by atoms with van der Waals surface area (Å²) in [6.07, 6.45) is 0.380. The van der Waals surface area contributed by atoms with Crippen molar-refractivity contribution in [3.05, 3.63) is 58.0 Å². The predicted molar refractivity (Wildman–Crippen MR) is 99.7 cm³/mol. The molecular formula is C19H17FN4O5. The van der Waals surface area contributed by atoms with Gasteiger partial charge in [-0.15, -0.1) is 0 Å². The lowest BCUT2D eigenvalue weighted by molar-refractivity contribution is -0.122. The van der Waals surface area contributed by atoms with Crippen molar-refractivity contribution >= 4 is 23.3 Å². The lowest BCUT2D eigenvalue weighted by Crippen LogP contribution is -2.44. The van der Waals surface area contributed by atoms with Crippen LogP contribution in [-0.4, -0.2) is 39.6 Å². The third-order valence-electron chi connectivity index (χ3n) is 4.83. The van der Waals surface area contributed by atoms with Crippen molar-refractivity contribution in [2.75, 3.05) is 18.1 Å². The first-order chi connectivity index (χ1) is 13.9. The lowest BCUT2D eigenvalue weighted by atomic mass is 10.1. The van der Waals surface area contributed by atoms with Gasteiger partial charge in [0.25, 0.3) is 11.5 Å². The fraction of sp³-hybridized carbons (Fsp3) is 0.263. The minimum absolute atomic E-state index is 0.0603. The molecule has 0 atom stereocenters. The standard InChI is InChI=1S/C19H17FN4O5/c1-10-17-22-15(16(26)19(28)24(17)6-7-29-10)18(27)21-9-11-2-3-12(20)8-13(11)23-5-4-14(23)25/h2-3,8,26H,1,4-7,9H2,(H,21,27). The molecule has 0 radical (unpaired) electrons. The highest BCUT2D eigenvalue weighted by Crippen LogP contribution is 2.27. The van der Waals surface area contributed by atoms with Crippen molar-refractivity contribution in [3.63, 3.8) is 0 Å². The number of carbonyl (C=O) groups excluding carboxylic acids is 2. The Bertz CT molecular complexity index is 1110. The second-order valence-corrected chi connectivity index (χ2v) is 6.61. The van der Waals surface area contributed by atoms with Gasteiger partial charge in [-0.3, -0.25) is 19.0 Å². The average molecular weight is 400 g/mol. The fourth-order valence-corrected chi connectivity index (χ4v) is 3.21. The quantitative estimate of drug-likeness (QED) is 0.733. The molecule has 3 heterocycles. The normalized spacial score (nSPS) is 15.4. The minimum atomic E-state index is -0.799. The molecule has 1 saturated heterocycles. The topological polar surface area (TPSA) is 114 Å². The SMILES string of the molecule is C=C1OCCn2c1nc(C(=O)NCc1ccc(F)cc1N1CCC1=O)c(O)c2=O. The molecule has 0 bridgehead atoms. The number of fused-ring (bicyclic) bond motifs is 1. The van der Waals surface area contributed by atoms with Gasteiger partial charge in [-0.1, -0.05) is 12.6 Å². The molecular weight excluding hydrogens is 383 g/mol. The Hall–Kier alpha value is -3.69. The number of hydrogen-bond acceptors (Lipinski definition) is 6. The molecule has 1 aromatic heterocycles. The van der Waals surface area contributed by atoms with Gasteiger partial charge in [-0.05, 0) is 17.7 Å². The number of aromatic hydroxyl groups is 1. The lowest BCUT2D eigenvalue weighted by Gasteiger charge is -2.32. The molecule has 0 spiro atoms. The zero-order valence-electron chi connectivity index (χ0n) is 15.3. The monoisotopic (exact) mass is 400 g/mol. The summed E-state index contributed by atoms with van der Waals surface area (Å²) in [4.78, 5) is 42.1. The first-order valence-corrected chi connectivity index (χ1v) is 8.89. The van der Waals surface area contributed by atoms with E-state index < -0.39 is 28.7 Å². The van der Waals surface area contributed by atoms with Crippen molar-refractivity contribution in [1.29, 1.82) is 0 Å². The Balaban J connectivity index is 1.60. The Morgan fingerprint density at radius 1 is 1.34 bits per heavy atom. The third-order valence-corrected chi connectivity index (χ3v) is 4.83. The van der Waals surface area contributed by atoms with Crippen LogP contribution in [0.5, 0.6) is 5.75 Å². The molecule has 2 aliphatic rings. The largest absolute Gasteiger partial charge is 0.501 e. The van der Waals surface area contributed by atoms with Crippen LogP contribution in [0.2, 0.25) is 0 Å². The molecule has 0 aliphatic carbocycles. The number of amides is 2. The van der Waals surface area contributed by atoms with Crippen LogP contribution >= 0.6 is 0 Å². The number of benzene rings is 1. The molecule has 4 rings (SSSR count). The van der Waals surface area contributed by atoms with Gasteiger partial charge >= 0.3 is 0 Å². The second kappa shape index (κ2) is 7.04. The molecule has 2 amide bonds. The molecule has 150 valence electrons. The van der Waals surface area contributed by atoms with Crippen LogP contribution in [0.25, 0.3) is 5.76 Å². The van der Waals surface area contributed by atoms with E-state index in [9.17, 15) is 23.9 Å². The summed E-state index contributed by atoms with van der Waals surface area (Å²) in [5.41, 5.74) is -0.351. The number of rotatable bonds is 4. The van der Waals surface area contributed by atoms with E-state index in [0.717, 1.165) is 0 Å². The highest BCUT2D eigenvalue weighted by molar-refractivity contribution is 6.00. The van der Waals surface area contributed by atoms with Crippen LogP contribution in [-0.2, 0) is 22.6 Å². The Morgan fingerprint density at radius 3 is 2.83 bits per heavy atom. The molecule has 1 aromatic carbocycles. The van der Waals surface area contributed by atoms with Crippen molar-refractivity contribution < 1.29 is 23.8 Å². The maximum absolute atomic E-state index is 13.6. The van der Waals surface area contributed by atoms with E-state index in [0.29, 0.717) is 24.2 Å². The van der Waals surface area contributed by atoms with E-state index in [1.807, 2.05) is 0 Å². The molecule has 9 nitrogen and oxygen atoms in total. The summed E-state index contributed by atoms with van der Waals surface area (Å²) < 4.78 is 20.1. The van der Waals surface area contributed by atoms with Gasteiger partial charge in [0, 0.05) is 19.5 Å². The summed E-state index contributed by atoms with van der Waals surface area (Å²) in [7, 11) is 0. The summed E-state index contributed by atoms with van der Waals surface area (Å²) in [5, 5.41) is 12.7. The number of aromatic nitrogens is 2. The smallest absolute Gasteiger partial charge is 0.297 e. The van der Waals surface area contributed by atoms with Crippen LogP contribution in [0.15, 0.2) is 29.6 Å². The van der Waals surface area contributed by atoms with E-state index in [-0.39, 0.29) is 37.2 Å². The third kappa shape index (κ3) is 3.22. The molecule has 10 heteroatoms. The van der Waals surface area contributed by atoms with E-state index in [1.165, 1.54) is 27.7 Å². The van der Waals surface area contributed by atoms with E-state index >= 15 is 0 Å². The Kier molecular flexibility index (Phi) is 4.53. The fourth-order valence-electron chi connectivity index (χ4n) is 3.21. The molecule has 0 unspecified atom stereocenters. The van der Waals surface area contributed by atoms with Crippen LogP contribution in [0, 0.1) is 5.82 Å². The summed E-state index contributed by atoms with van der Waals surface area (Å²) in [6.45, 7) is 4.45. The summed E-state index contributed by atoms with van der Waals surface area (Å²) >= 11 is 0. The van der Waals surface area contributed by atoms with E-state index in [1.54, 1.807) is 0 Å². The highest BCUT2D eigenvalue weighted by atomic mass is 19.1. The number of β-lactam (4-membered cyclic amide) rings is 1. The van der Waals surface area contributed by atoms with Gasteiger partial charge in [0.05, 0.1) is 12.2 Å². The predicted octanol–water partition coefficient (Wildman–Crippen LogP) is 0.756. The number of nitrogens with zero attached hydrogens (tertiary/aromatic N) is 3. The van der Waals surface area contributed by atoms with Crippen LogP contribution < -0.4 is 15.8 Å². The van der Waals surface area contributed by atoms with Crippen molar-refractivity contribution in [2.45, 2.75) is 19.5 Å². The summed E-state index contributed by atoms with van der Waals surface area (Å²) in [6, 6.07) is 3.90. The second-order valence-electron chi connectivity index (χ2n) is 6.61. The minimum Gasteiger partial charge on any atom is -0.501 e. The van der Waals surface area contributed by atoms with Gasteiger partial charge in [-0.2, -0.15) is 0 Å². The van der Waals surface area contributed by atoms with Gasteiger partial charge in [-0.25, -0.2) is 9.37 Å². The molecule has 2 N–H and O–H groups in total. The van der Waals surface area contributed by atoms with E-state index in [4.69, 9.17) is 4.74 Å². The van der Waals surface area contributed by atoms with Crippen molar-refractivity contribution in [2.24, 2.45) is 0 Å². The molecule has 2 aliphatic heterocycles. The summed E-state index contributed by atoms with van der Waals surface area (Å²) in [5.74, 6) is -2.03. The van der Waals surface area contributed by atoms with Crippen molar-refractivity contribution in [1.82, 2.24) is 14.9 Å². The van der Waals surface area contributed by atoms with Gasteiger partial charge in [0.2, 0.25) is 11.7 Å². The number of ether oxygens (including phenoxy) is 1. The molecule has 1 fully saturated rings. The first kappa shape index (κ1) is 18.7. The number of hydrogen-bond donors (Lipinski definition) is 2. The number of halogens is 1. The van der Waals surface area contributed by atoms with Crippen LogP contribution in [0.3, 0.4) is 0 Å². The number of nitrogens with one attached hydrogen (secondary N) is 1. The zero-order valence-corrected chi connectivity index (χ0v) is 15.3. The van der Waals surface area contributed by atoms with Crippen LogP contribution in [0.1, 0.15) is 28.3 Å². The first-order valence-electron chi connectivity index (χ1n) is 8.89. The Morgan fingerprint density at radius 2 is 2.14 bits per heavy atom. The van der Waals surface area contributed by atoms with Gasteiger partial charge in [0.1, 0.15) is 12.4 Å². The van der Waals surface area contributed by atoms with Gasteiger partial charge < -0.3 is 20.1 Å². The number of carbonyl (C=O) groups is 2. The molecule has 0 saturated carbocycles. The molecule has 2 aromatic rings. The van der Waals surface area contributed by atoms with Gasteiger partial charge in [0.15, 0.2) is 17.3 Å². The zero-order chi connectivity index (χ0) is 20.7. The Labute approximate surface area is 164 Å². The van der Waals surface area contributed by atoms with Crippen molar-refractivity contribution in [3.8, 4) is 5.75 Å². The molecule has 29 heavy (non-hydrogen) atoms. The maximum atomic E-state index is 13.6.